The van der Waals surface area contributed by atoms with Gasteiger partial charge >= 0.3 is 5.97 Å². The standard InChI is InChI=1S/C23H27N3O4/c1-15(24)22(16(2)27)23(26-30-3)19-6-4-5-18(13-19)14-25-20-10-7-17(8-11-20)9-12-21(28)29/h4-8,10-11,13,24-25,27H,9,12,14H2,1-3H3,(H,28,29)/b22-16+,24-15?,26-23+. The van der Waals surface area contributed by atoms with Gasteiger partial charge in [0.15, 0.2) is 0 Å². The van der Waals surface area contributed by atoms with Crippen LogP contribution in [-0.2, 0) is 22.6 Å². The van der Waals surface area contributed by atoms with Crippen molar-refractivity contribution in [3.8, 4) is 0 Å². The summed E-state index contributed by atoms with van der Waals surface area (Å²) >= 11 is 0. The lowest BCUT2D eigenvalue weighted by Gasteiger charge is -2.13. The average Bonchev–Trinajstić information content (AvgIpc) is 2.71. The van der Waals surface area contributed by atoms with Crippen LogP contribution in [-0.4, -0.2) is 34.7 Å². The van der Waals surface area contributed by atoms with Crippen LogP contribution < -0.4 is 5.32 Å². The number of anilines is 1. The van der Waals surface area contributed by atoms with E-state index < -0.39 is 5.97 Å². The number of nitrogens with zero attached hydrogens (tertiary/aromatic N) is 1. The third kappa shape index (κ3) is 6.48. The first kappa shape index (κ1) is 22.7. The quantitative estimate of drug-likeness (QED) is 0.261. The maximum Gasteiger partial charge on any atom is 0.303 e. The number of benzene rings is 2. The Hall–Kier alpha value is -3.61. The lowest BCUT2D eigenvalue weighted by Crippen LogP contribution is -2.15. The number of nitrogens with one attached hydrogen (secondary N) is 2. The number of oxime groups is 1. The summed E-state index contributed by atoms with van der Waals surface area (Å²) < 4.78 is 0. The summed E-state index contributed by atoms with van der Waals surface area (Å²) in [5.41, 5.74) is 4.54. The number of carboxylic acid groups (broad SMARTS) is 1. The molecule has 0 bridgehead atoms. The van der Waals surface area contributed by atoms with Gasteiger partial charge in [-0.15, -0.1) is 0 Å². The topological polar surface area (TPSA) is 115 Å². The minimum atomic E-state index is -0.805. The second-order valence-corrected chi connectivity index (χ2v) is 6.85. The van der Waals surface area contributed by atoms with Gasteiger partial charge in [-0.25, -0.2) is 0 Å². The maximum atomic E-state index is 10.7. The second kappa shape index (κ2) is 10.8. The molecule has 7 nitrogen and oxygen atoms in total. The monoisotopic (exact) mass is 409 g/mol. The largest absolute Gasteiger partial charge is 0.512 e. The predicted molar refractivity (Wildman–Crippen MR) is 118 cm³/mol. The molecule has 0 aromatic heterocycles. The lowest BCUT2D eigenvalue weighted by atomic mass is 9.97. The van der Waals surface area contributed by atoms with Crippen LogP contribution >= 0.6 is 0 Å². The molecule has 0 spiro atoms. The molecular formula is C23H27N3O4. The highest BCUT2D eigenvalue weighted by Gasteiger charge is 2.17. The number of aliphatic hydroxyl groups excluding tert-OH is 1. The van der Waals surface area contributed by atoms with E-state index in [0.29, 0.717) is 24.3 Å². The molecule has 0 saturated heterocycles. The van der Waals surface area contributed by atoms with Crippen LogP contribution in [0.5, 0.6) is 0 Å². The summed E-state index contributed by atoms with van der Waals surface area (Å²) in [6.45, 7) is 3.67. The van der Waals surface area contributed by atoms with Crippen LogP contribution in [0.2, 0.25) is 0 Å². The molecule has 2 aromatic rings. The molecular weight excluding hydrogens is 382 g/mol. The Labute approximate surface area is 176 Å². The van der Waals surface area contributed by atoms with Crippen LogP contribution in [0, 0.1) is 5.41 Å². The fourth-order valence-corrected chi connectivity index (χ4v) is 3.03. The van der Waals surface area contributed by atoms with E-state index in [-0.39, 0.29) is 17.9 Å². The molecule has 30 heavy (non-hydrogen) atoms. The van der Waals surface area contributed by atoms with Gasteiger partial charge < -0.3 is 25.8 Å². The van der Waals surface area contributed by atoms with Crippen molar-refractivity contribution >= 4 is 23.1 Å². The normalized spacial score (nSPS) is 12.2. The van der Waals surface area contributed by atoms with Crippen molar-refractivity contribution in [2.45, 2.75) is 33.2 Å². The highest BCUT2D eigenvalue weighted by atomic mass is 16.6. The van der Waals surface area contributed by atoms with E-state index in [1.165, 1.54) is 14.0 Å². The summed E-state index contributed by atoms with van der Waals surface area (Å²) in [7, 11) is 1.43. The summed E-state index contributed by atoms with van der Waals surface area (Å²) in [6, 6.07) is 15.3. The summed E-state index contributed by atoms with van der Waals surface area (Å²) in [6.07, 6.45) is 0.621. The molecule has 4 N–H and O–H groups in total. The van der Waals surface area contributed by atoms with Gasteiger partial charge in [0, 0.05) is 29.9 Å². The van der Waals surface area contributed by atoms with Gasteiger partial charge in [-0.3, -0.25) is 4.79 Å². The maximum absolute atomic E-state index is 10.7. The molecule has 158 valence electrons. The second-order valence-electron chi connectivity index (χ2n) is 6.85. The molecule has 2 aromatic carbocycles. The minimum Gasteiger partial charge on any atom is -0.512 e. The van der Waals surface area contributed by atoms with Gasteiger partial charge in [0.1, 0.15) is 18.6 Å². The molecule has 0 unspecified atom stereocenters. The van der Waals surface area contributed by atoms with Crippen LogP contribution in [0.15, 0.2) is 65.0 Å². The Bertz CT molecular complexity index is 959. The van der Waals surface area contributed by atoms with Crippen LogP contribution in [0.3, 0.4) is 0 Å². The Kier molecular flexibility index (Phi) is 8.17. The third-order valence-electron chi connectivity index (χ3n) is 4.43. The molecule has 0 fully saturated rings. The molecule has 0 heterocycles. The van der Waals surface area contributed by atoms with Crippen molar-refractivity contribution in [3.05, 3.63) is 76.6 Å². The number of hydrogen-bond acceptors (Lipinski definition) is 6. The van der Waals surface area contributed by atoms with Gasteiger partial charge in [0.05, 0.1) is 5.57 Å². The number of carbonyl (C=O) groups is 1. The molecule has 2 rings (SSSR count). The van der Waals surface area contributed by atoms with Gasteiger partial charge in [-0.1, -0.05) is 35.5 Å². The number of carboxylic acids is 1. The highest BCUT2D eigenvalue weighted by molar-refractivity contribution is 6.28. The van der Waals surface area contributed by atoms with Gasteiger partial charge in [-0.2, -0.15) is 0 Å². The van der Waals surface area contributed by atoms with Crippen LogP contribution in [0.4, 0.5) is 5.69 Å². The van der Waals surface area contributed by atoms with Crippen molar-refractivity contribution in [2.24, 2.45) is 5.16 Å². The first-order valence-corrected chi connectivity index (χ1v) is 9.52. The molecule has 0 saturated carbocycles. The first-order valence-electron chi connectivity index (χ1n) is 9.52. The van der Waals surface area contributed by atoms with Crippen molar-refractivity contribution in [3.63, 3.8) is 0 Å². The van der Waals surface area contributed by atoms with Crippen molar-refractivity contribution in [2.75, 3.05) is 12.4 Å². The first-order chi connectivity index (χ1) is 14.3. The van der Waals surface area contributed by atoms with E-state index in [0.717, 1.165) is 22.4 Å². The summed E-state index contributed by atoms with van der Waals surface area (Å²) in [4.78, 5) is 15.6. The zero-order chi connectivity index (χ0) is 22.1. The summed E-state index contributed by atoms with van der Waals surface area (Å²) in [5.74, 6) is -0.800. The van der Waals surface area contributed by atoms with E-state index >= 15 is 0 Å². The van der Waals surface area contributed by atoms with Crippen molar-refractivity contribution in [1.29, 1.82) is 5.41 Å². The fraction of sp³-hybridized carbons (Fsp3) is 0.261. The Morgan fingerprint density at radius 2 is 1.80 bits per heavy atom. The number of aliphatic hydroxyl groups is 1. The average molecular weight is 409 g/mol. The zero-order valence-electron chi connectivity index (χ0n) is 17.4. The van der Waals surface area contributed by atoms with E-state index in [9.17, 15) is 9.90 Å². The number of aryl methyl sites for hydroxylation is 1. The van der Waals surface area contributed by atoms with Gasteiger partial charge in [-0.05, 0) is 49.6 Å². The zero-order valence-corrected chi connectivity index (χ0v) is 17.4. The minimum absolute atomic E-state index is 0.00446. The molecule has 0 radical (unpaired) electrons. The SMILES string of the molecule is CO/N=C(/C(C(C)=N)=C(\C)O)c1cccc(CNc2ccc(CCC(=O)O)cc2)c1. The Balaban J connectivity index is 2.15. The smallest absolute Gasteiger partial charge is 0.303 e. The van der Waals surface area contributed by atoms with Gasteiger partial charge in [0.2, 0.25) is 0 Å². The summed E-state index contributed by atoms with van der Waals surface area (Å²) in [5, 5.41) is 34.1. The Morgan fingerprint density at radius 3 is 2.37 bits per heavy atom. The molecule has 0 aliphatic rings. The van der Waals surface area contributed by atoms with Crippen molar-refractivity contribution in [1.82, 2.24) is 0 Å². The highest BCUT2D eigenvalue weighted by Crippen LogP contribution is 2.18. The molecule has 0 amide bonds. The van der Waals surface area contributed by atoms with E-state index in [1.54, 1.807) is 6.92 Å². The van der Waals surface area contributed by atoms with Crippen molar-refractivity contribution < 1.29 is 19.8 Å². The molecule has 0 aliphatic carbocycles. The van der Waals surface area contributed by atoms with Crippen LogP contribution in [0.1, 0.15) is 37.0 Å². The van der Waals surface area contributed by atoms with E-state index in [1.807, 2.05) is 48.5 Å². The van der Waals surface area contributed by atoms with Crippen LogP contribution in [0.25, 0.3) is 0 Å². The number of rotatable bonds is 10. The van der Waals surface area contributed by atoms with E-state index in [4.69, 9.17) is 15.4 Å². The number of allylic oxidation sites excluding steroid dienone is 2. The third-order valence-corrected chi connectivity index (χ3v) is 4.43. The fourth-order valence-electron chi connectivity index (χ4n) is 3.03. The lowest BCUT2D eigenvalue weighted by molar-refractivity contribution is -0.136. The predicted octanol–water partition coefficient (Wildman–Crippen LogP) is 4.54. The molecule has 0 aliphatic heterocycles. The molecule has 7 heteroatoms. The van der Waals surface area contributed by atoms with E-state index in [2.05, 4.69) is 10.5 Å². The Morgan fingerprint density at radius 1 is 1.10 bits per heavy atom. The number of aliphatic carboxylic acids is 1. The van der Waals surface area contributed by atoms with Gasteiger partial charge in [0.25, 0.3) is 0 Å². The molecule has 0 atom stereocenters. The number of hydrogen-bond donors (Lipinski definition) is 4.